The van der Waals surface area contributed by atoms with Gasteiger partial charge in [0, 0.05) is 5.02 Å². The van der Waals surface area contributed by atoms with Crippen LogP contribution < -0.4 is 34.7 Å². The Kier molecular flexibility index (Phi) is 8.53. The van der Waals surface area contributed by atoms with E-state index in [1.165, 1.54) is 12.1 Å². The number of para-hydroxylation sites is 1. The maximum Gasteiger partial charge on any atom is 1.00 e. The molecule has 0 heterocycles. The van der Waals surface area contributed by atoms with Crippen molar-refractivity contribution in [2.45, 2.75) is 0 Å². The molecule has 0 amide bonds. The Hall–Kier alpha value is -0.470. The van der Waals surface area contributed by atoms with Gasteiger partial charge < -0.3 is 5.11 Å². The van der Waals surface area contributed by atoms with Crippen LogP contribution in [0.1, 0.15) is 0 Å². The first-order valence-electron chi connectivity index (χ1n) is 4.21. The Morgan fingerprint density at radius 3 is 1.33 bits per heavy atom. The predicted molar refractivity (Wildman–Crippen MR) is 57.3 cm³/mol. The smallest absolute Gasteiger partial charge is 0.872 e. The van der Waals surface area contributed by atoms with Crippen molar-refractivity contribution in [2.24, 2.45) is 0 Å². The van der Waals surface area contributed by atoms with E-state index in [0.717, 1.165) is 5.02 Å². The van der Waals surface area contributed by atoms with Gasteiger partial charge in [-0.05, 0) is 12.1 Å². The maximum atomic E-state index is 10.3. The molecule has 2 aromatic rings. The van der Waals surface area contributed by atoms with Gasteiger partial charge in [-0.1, -0.05) is 60.1 Å². The Morgan fingerprint density at radius 1 is 0.733 bits per heavy atom. The fraction of sp³-hybridized carbons (Fsp3) is 0. The summed E-state index contributed by atoms with van der Waals surface area (Å²) in [5.41, 5.74) is 0. The molecule has 15 heavy (non-hydrogen) atoms. The van der Waals surface area contributed by atoms with Crippen LogP contribution in [0.15, 0.2) is 60.7 Å². The Bertz CT molecular complexity index is 313. The molecule has 72 valence electrons. The van der Waals surface area contributed by atoms with Crippen molar-refractivity contribution in [1.82, 2.24) is 0 Å². The van der Waals surface area contributed by atoms with Crippen LogP contribution >= 0.6 is 11.6 Å². The normalized spacial score (nSPS) is 8.07. The number of benzene rings is 2. The van der Waals surface area contributed by atoms with Crippen molar-refractivity contribution in [2.75, 3.05) is 0 Å². The summed E-state index contributed by atoms with van der Waals surface area (Å²) in [6.45, 7) is 0. The van der Waals surface area contributed by atoms with E-state index >= 15 is 0 Å². The van der Waals surface area contributed by atoms with E-state index in [1.54, 1.807) is 12.1 Å². The zero-order valence-corrected chi connectivity index (χ0v) is 11.3. The molecule has 0 aliphatic carbocycles. The molecule has 1 nitrogen and oxygen atoms in total. The van der Waals surface area contributed by atoms with Crippen molar-refractivity contribution in [3.63, 3.8) is 0 Å². The monoisotopic (exact) mass is 228 g/mol. The molecule has 0 aromatic heterocycles. The molecule has 0 fully saturated rings. The van der Waals surface area contributed by atoms with E-state index in [1.807, 2.05) is 36.4 Å². The van der Waals surface area contributed by atoms with Gasteiger partial charge in [-0.15, -0.1) is 5.75 Å². The SMILES string of the molecule is Clc1ccccc1.[Na+].[O-]c1ccccc1. The molecule has 0 saturated heterocycles. The Labute approximate surface area is 117 Å². The summed E-state index contributed by atoms with van der Waals surface area (Å²) in [4.78, 5) is 0. The van der Waals surface area contributed by atoms with Crippen molar-refractivity contribution in [3.05, 3.63) is 65.7 Å². The molecule has 2 aromatic carbocycles. The molecule has 0 aliphatic heterocycles. The van der Waals surface area contributed by atoms with E-state index in [9.17, 15) is 5.11 Å². The average molecular weight is 229 g/mol. The first kappa shape index (κ1) is 14.5. The van der Waals surface area contributed by atoms with Crippen LogP contribution in [0.3, 0.4) is 0 Å². The summed E-state index contributed by atoms with van der Waals surface area (Å²) >= 11 is 5.54. The van der Waals surface area contributed by atoms with Gasteiger partial charge in [0.05, 0.1) is 0 Å². The van der Waals surface area contributed by atoms with Crippen LogP contribution in [-0.4, -0.2) is 0 Å². The van der Waals surface area contributed by atoms with E-state index in [4.69, 9.17) is 11.6 Å². The van der Waals surface area contributed by atoms with Gasteiger partial charge >= 0.3 is 29.6 Å². The second-order valence-electron chi connectivity index (χ2n) is 2.61. The molecule has 0 radical (unpaired) electrons. The van der Waals surface area contributed by atoms with Gasteiger partial charge in [0.2, 0.25) is 0 Å². The average Bonchev–Trinajstić information content (AvgIpc) is 2.21. The fourth-order valence-electron chi connectivity index (χ4n) is 0.835. The minimum absolute atomic E-state index is 0. The van der Waals surface area contributed by atoms with Gasteiger partial charge in [-0.25, -0.2) is 0 Å². The summed E-state index contributed by atoms with van der Waals surface area (Å²) in [6, 6.07) is 17.8. The third-order valence-electron chi connectivity index (χ3n) is 1.48. The summed E-state index contributed by atoms with van der Waals surface area (Å²) in [7, 11) is 0. The molecular formula is C12H10ClNaO. The van der Waals surface area contributed by atoms with Crippen LogP contribution in [0.5, 0.6) is 5.75 Å². The summed E-state index contributed by atoms with van der Waals surface area (Å²) in [5, 5.41) is 11.1. The molecular weight excluding hydrogens is 219 g/mol. The minimum atomic E-state index is 0. The quantitative estimate of drug-likeness (QED) is 0.587. The van der Waals surface area contributed by atoms with Crippen LogP contribution in [0.25, 0.3) is 0 Å². The van der Waals surface area contributed by atoms with Crippen LogP contribution in [-0.2, 0) is 0 Å². The second kappa shape index (κ2) is 8.81. The molecule has 2 rings (SSSR count). The first-order chi connectivity index (χ1) is 6.79. The molecule has 0 bridgehead atoms. The standard InChI is InChI=1S/C6H5Cl.C6H6O.Na/c2*7-6-4-2-1-3-5-6;/h1-5H;1-5,7H;/q;;+1/p-1. The molecule has 0 unspecified atom stereocenters. The van der Waals surface area contributed by atoms with E-state index in [-0.39, 0.29) is 35.3 Å². The number of halogens is 1. The van der Waals surface area contributed by atoms with Crippen LogP contribution in [0.2, 0.25) is 5.02 Å². The first-order valence-corrected chi connectivity index (χ1v) is 4.59. The summed E-state index contributed by atoms with van der Waals surface area (Å²) < 4.78 is 0. The van der Waals surface area contributed by atoms with E-state index < -0.39 is 0 Å². The molecule has 0 spiro atoms. The van der Waals surface area contributed by atoms with Crippen molar-refractivity contribution in [3.8, 4) is 5.75 Å². The van der Waals surface area contributed by atoms with Crippen molar-refractivity contribution in [1.29, 1.82) is 0 Å². The van der Waals surface area contributed by atoms with E-state index in [2.05, 4.69) is 0 Å². The van der Waals surface area contributed by atoms with Crippen LogP contribution in [0.4, 0.5) is 0 Å². The second-order valence-corrected chi connectivity index (χ2v) is 3.05. The Morgan fingerprint density at radius 2 is 1.13 bits per heavy atom. The maximum absolute atomic E-state index is 10.3. The molecule has 0 N–H and O–H groups in total. The van der Waals surface area contributed by atoms with Gasteiger partial charge in [0.1, 0.15) is 0 Å². The van der Waals surface area contributed by atoms with Gasteiger partial charge in [0.15, 0.2) is 0 Å². The zero-order valence-electron chi connectivity index (χ0n) is 8.56. The third kappa shape index (κ3) is 7.46. The van der Waals surface area contributed by atoms with E-state index in [0.29, 0.717) is 0 Å². The number of hydrogen-bond acceptors (Lipinski definition) is 1. The van der Waals surface area contributed by atoms with Gasteiger partial charge in [0.25, 0.3) is 0 Å². The third-order valence-corrected chi connectivity index (χ3v) is 1.73. The number of rotatable bonds is 0. The fourth-order valence-corrected chi connectivity index (χ4v) is 0.981. The topological polar surface area (TPSA) is 23.1 Å². The van der Waals surface area contributed by atoms with Crippen molar-refractivity contribution >= 4 is 11.6 Å². The van der Waals surface area contributed by atoms with Gasteiger partial charge in [-0.3, -0.25) is 0 Å². The predicted octanol–water partition coefficient (Wildman–Crippen LogP) is 0.104. The zero-order chi connectivity index (χ0) is 10.2. The van der Waals surface area contributed by atoms with Crippen LogP contribution in [0, 0.1) is 0 Å². The molecule has 3 heteroatoms. The van der Waals surface area contributed by atoms with Gasteiger partial charge in [-0.2, -0.15) is 0 Å². The largest absolute Gasteiger partial charge is 1.00 e. The summed E-state index contributed by atoms with van der Waals surface area (Å²) in [6.07, 6.45) is 0. The number of hydrogen-bond donors (Lipinski definition) is 0. The Balaban J connectivity index is 0.000000245. The van der Waals surface area contributed by atoms with Crippen molar-refractivity contribution < 1.29 is 34.7 Å². The minimum Gasteiger partial charge on any atom is -0.872 e. The molecule has 0 atom stereocenters. The molecule has 0 aliphatic rings. The summed E-state index contributed by atoms with van der Waals surface area (Å²) in [5.74, 6) is 0.0718. The molecule has 0 saturated carbocycles.